The molecule has 3 heterocycles. The van der Waals surface area contributed by atoms with E-state index in [2.05, 4.69) is 25.5 Å². The molecular weight excluding hydrogens is 286 g/mol. The van der Waals surface area contributed by atoms with Crippen LogP contribution in [0, 0.1) is 24.0 Å². The van der Waals surface area contributed by atoms with Crippen molar-refractivity contribution in [3.05, 3.63) is 51.7 Å². The molecule has 112 valence electrons. The van der Waals surface area contributed by atoms with Crippen molar-refractivity contribution in [1.82, 2.24) is 24.6 Å². The summed E-state index contributed by atoms with van der Waals surface area (Å²) in [5.41, 5.74) is 1.72. The molecule has 0 spiro atoms. The van der Waals surface area contributed by atoms with E-state index in [1.807, 2.05) is 19.9 Å². The first-order valence-corrected chi connectivity index (χ1v) is 6.58. The molecule has 0 radical (unpaired) electrons. The van der Waals surface area contributed by atoms with Crippen molar-refractivity contribution < 1.29 is 4.92 Å². The molecule has 0 saturated heterocycles. The highest BCUT2D eigenvalue weighted by molar-refractivity contribution is 5.55. The predicted octanol–water partition coefficient (Wildman–Crippen LogP) is 1.66. The highest BCUT2D eigenvalue weighted by atomic mass is 16.6. The Bertz CT molecular complexity index is 859. The molecule has 0 aliphatic heterocycles. The SMILES string of the molecule is Cc1cc(C)n2c(CNc3ncccc3[N+](=O)[O-])nnc2n1. The minimum absolute atomic E-state index is 0.0815. The number of fused-ring (bicyclic) bond motifs is 1. The van der Waals surface area contributed by atoms with Crippen LogP contribution in [0.2, 0.25) is 0 Å². The number of hydrogen-bond acceptors (Lipinski definition) is 7. The van der Waals surface area contributed by atoms with Gasteiger partial charge in [0.2, 0.25) is 5.82 Å². The molecule has 0 fully saturated rings. The van der Waals surface area contributed by atoms with Gasteiger partial charge in [-0.3, -0.25) is 14.5 Å². The normalized spacial score (nSPS) is 10.8. The Morgan fingerprint density at radius 3 is 2.95 bits per heavy atom. The summed E-state index contributed by atoms with van der Waals surface area (Å²) in [5, 5.41) is 22.0. The number of aromatic nitrogens is 5. The molecule has 0 bridgehead atoms. The van der Waals surface area contributed by atoms with Gasteiger partial charge < -0.3 is 5.32 Å². The van der Waals surface area contributed by atoms with E-state index in [0.29, 0.717) is 11.6 Å². The second-order valence-corrected chi connectivity index (χ2v) is 4.77. The molecular formula is C13H13N7O2. The summed E-state index contributed by atoms with van der Waals surface area (Å²) in [6.07, 6.45) is 1.49. The van der Waals surface area contributed by atoms with Crippen LogP contribution < -0.4 is 5.32 Å². The highest BCUT2D eigenvalue weighted by Gasteiger charge is 2.15. The average Bonchev–Trinajstić information content (AvgIpc) is 2.88. The fraction of sp³-hybridized carbons (Fsp3) is 0.231. The van der Waals surface area contributed by atoms with Crippen molar-refractivity contribution in [1.29, 1.82) is 0 Å². The number of aryl methyl sites for hydroxylation is 2. The third-order valence-corrected chi connectivity index (χ3v) is 3.16. The first kappa shape index (κ1) is 13.9. The molecule has 3 rings (SSSR count). The Labute approximate surface area is 125 Å². The van der Waals surface area contributed by atoms with E-state index in [1.54, 1.807) is 4.40 Å². The second-order valence-electron chi connectivity index (χ2n) is 4.77. The topological polar surface area (TPSA) is 111 Å². The highest BCUT2D eigenvalue weighted by Crippen LogP contribution is 2.20. The van der Waals surface area contributed by atoms with Gasteiger partial charge in [0, 0.05) is 23.7 Å². The van der Waals surface area contributed by atoms with Gasteiger partial charge in [0.15, 0.2) is 5.82 Å². The van der Waals surface area contributed by atoms with E-state index in [4.69, 9.17) is 0 Å². The van der Waals surface area contributed by atoms with E-state index in [-0.39, 0.29) is 18.1 Å². The lowest BCUT2D eigenvalue weighted by molar-refractivity contribution is -0.384. The van der Waals surface area contributed by atoms with E-state index in [1.165, 1.54) is 18.3 Å². The molecule has 3 aromatic heterocycles. The molecule has 0 unspecified atom stereocenters. The zero-order valence-electron chi connectivity index (χ0n) is 12.0. The smallest absolute Gasteiger partial charge is 0.311 e. The molecule has 22 heavy (non-hydrogen) atoms. The zero-order valence-corrected chi connectivity index (χ0v) is 12.0. The number of anilines is 1. The van der Waals surface area contributed by atoms with Crippen molar-refractivity contribution in [2.75, 3.05) is 5.32 Å². The maximum atomic E-state index is 11.0. The minimum Gasteiger partial charge on any atom is -0.357 e. The Kier molecular flexibility index (Phi) is 3.37. The van der Waals surface area contributed by atoms with Crippen LogP contribution in [0.1, 0.15) is 17.2 Å². The molecule has 0 atom stereocenters. The molecule has 1 N–H and O–H groups in total. The molecule has 0 aliphatic rings. The molecule has 0 amide bonds. The molecule has 9 heteroatoms. The van der Waals surface area contributed by atoms with Gasteiger partial charge in [0.05, 0.1) is 11.5 Å². The summed E-state index contributed by atoms with van der Waals surface area (Å²) in [4.78, 5) is 18.8. The first-order chi connectivity index (χ1) is 10.6. The minimum atomic E-state index is -0.479. The van der Waals surface area contributed by atoms with Gasteiger partial charge in [-0.15, -0.1) is 10.2 Å². The molecule has 0 aromatic carbocycles. The number of hydrogen-bond donors (Lipinski definition) is 1. The lowest BCUT2D eigenvalue weighted by Crippen LogP contribution is -2.09. The van der Waals surface area contributed by atoms with Crippen LogP contribution in [0.3, 0.4) is 0 Å². The van der Waals surface area contributed by atoms with Gasteiger partial charge in [-0.05, 0) is 26.0 Å². The van der Waals surface area contributed by atoms with Crippen molar-refractivity contribution >= 4 is 17.3 Å². The van der Waals surface area contributed by atoms with Crippen LogP contribution in [0.5, 0.6) is 0 Å². The van der Waals surface area contributed by atoms with E-state index in [9.17, 15) is 10.1 Å². The van der Waals surface area contributed by atoms with E-state index in [0.717, 1.165) is 11.4 Å². The fourth-order valence-electron chi connectivity index (χ4n) is 2.26. The summed E-state index contributed by atoms with van der Waals surface area (Å²) < 4.78 is 1.80. The lowest BCUT2D eigenvalue weighted by Gasteiger charge is -2.06. The Morgan fingerprint density at radius 2 is 2.18 bits per heavy atom. The predicted molar refractivity (Wildman–Crippen MR) is 78.5 cm³/mol. The number of rotatable bonds is 4. The van der Waals surface area contributed by atoms with Crippen LogP contribution in [0.4, 0.5) is 11.5 Å². The van der Waals surface area contributed by atoms with Crippen LogP contribution in [0.15, 0.2) is 24.4 Å². The van der Waals surface area contributed by atoms with Crippen molar-refractivity contribution in [3.8, 4) is 0 Å². The lowest BCUT2D eigenvalue weighted by atomic mass is 10.3. The van der Waals surface area contributed by atoms with Gasteiger partial charge >= 0.3 is 5.69 Å². The number of nitrogens with zero attached hydrogens (tertiary/aromatic N) is 6. The summed E-state index contributed by atoms with van der Waals surface area (Å²) >= 11 is 0. The standard InChI is InChI=1S/C13H13N7O2/c1-8-6-9(2)19-11(17-18-13(19)16-8)7-15-12-10(20(21)22)4-3-5-14-12/h3-6H,7H2,1-2H3,(H,14,15). The number of nitrogens with one attached hydrogen (secondary N) is 1. The van der Waals surface area contributed by atoms with Gasteiger partial charge in [-0.25, -0.2) is 9.97 Å². The second kappa shape index (κ2) is 5.35. The van der Waals surface area contributed by atoms with Gasteiger partial charge in [0.1, 0.15) is 0 Å². The largest absolute Gasteiger partial charge is 0.357 e. The summed E-state index contributed by atoms with van der Waals surface area (Å²) in [7, 11) is 0. The Hall–Kier alpha value is -3.10. The van der Waals surface area contributed by atoms with E-state index < -0.39 is 4.92 Å². The monoisotopic (exact) mass is 299 g/mol. The summed E-state index contributed by atoms with van der Waals surface area (Å²) in [5.74, 6) is 1.31. The fourth-order valence-corrected chi connectivity index (χ4v) is 2.26. The summed E-state index contributed by atoms with van der Waals surface area (Å²) in [6.45, 7) is 4.07. The van der Waals surface area contributed by atoms with Gasteiger partial charge in [-0.2, -0.15) is 0 Å². The van der Waals surface area contributed by atoms with Crippen molar-refractivity contribution in [2.24, 2.45) is 0 Å². The van der Waals surface area contributed by atoms with Gasteiger partial charge in [0.25, 0.3) is 5.78 Å². The van der Waals surface area contributed by atoms with Crippen LogP contribution in [0.25, 0.3) is 5.78 Å². The Balaban J connectivity index is 1.91. The molecule has 0 aliphatic carbocycles. The molecule has 0 saturated carbocycles. The van der Waals surface area contributed by atoms with Crippen molar-refractivity contribution in [3.63, 3.8) is 0 Å². The van der Waals surface area contributed by atoms with Gasteiger partial charge in [-0.1, -0.05) is 0 Å². The number of pyridine rings is 1. The third-order valence-electron chi connectivity index (χ3n) is 3.16. The maximum absolute atomic E-state index is 11.0. The van der Waals surface area contributed by atoms with Crippen LogP contribution in [-0.2, 0) is 6.54 Å². The van der Waals surface area contributed by atoms with E-state index >= 15 is 0 Å². The average molecular weight is 299 g/mol. The van der Waals surface area contributed by atoms with Crippen LogP contribution in [-0.4, -0.2) is 29.5 Å². The Morgan fingerprint density at radius 1 is 1.36 bits per heavy atom. The first-order valence-electron chi connectivity index (χ1n) is 6.58. The maximum Gasteiger partial charge on any atom is 0.311 e. The van der Waals surface area contributed by atoms with Crippen LogP contribution >= 0.6 is 0 Å². The molecule has 3 aromatic rings. The number of nitro groups is 1. The summed E-state index contributed by atoms with van der Waals surface area (Å²) in [6, 6.07) is 4.84. The zero-order chi connectivity index (χ0) is 15.7. The third kappa shape index (κ3) is 2.43. The quantitative estimate of drug-likeness (QED) is 0.576. The molecule has 9 nitrogen and oxygen atoms in total. The van der Waals surface area contributed by atoms with Crippen molar-refractivity contribution in [2.45, 2.75) is 20.4 Å².